The lowest BCUT2D eigenvalue weighted by Gasteiger charge is -2.37. The van der Waals surface area contributed by atoms with Crippen LogP contribution in [0, 0.1) is 6.92 Å². The Labute approximate surface area is 137 Å². The zero-order valence-electron chi connectivity index (χ0n) is 13.8. The lowest BCUT2D eigenvalue weighted by Crippen LogP contribution is -2.45. The third-order valence-electron chi connectivity index (χ3n) is 5.06. The number of aryl methyl sites for hydroxylation is 1. The molecule has 5 heteroatoms. The molecule has 5 nitrogen and oxygen atoms in total. The molecule has 0 bridgehead atoms. The molecule has 3 rings (SSSR count). The van der Waals surface area contributed by atoms with Gasteiger partial charge in [-0.3, -0.25) is 14.6 Å². The van der Waals surface area contributed by atoms with E-state index in [4.69, 9.17) is 0 Å². The van der Waals surface area contributed by atoms with Gasteiger partial charge in [0.05, 0.1) is 5.56 Å². The smallest absolute Gasteiger partial charge is 0.255 e. The van der Waals surface area contributed by atoms with Crippen molar-refractivity contribution in [3.05, 3.63) is 29.6 Å². The van der Waals surface area contributed by atoms with E-state index in [9.17, 15) is 9.59 Å². The van der Waals surface area contributed by atoms with Gasteiger partial charge in [0, 0.05) is 44.5 Å². The van der Waals surface area contributed by atoms with Crippen LogP contribution >= 0.6 is 0 Å². The normalized spacial score (nSPS) is 21.8. The Balaban J connectivity index is 1.67. The van der Waals surface area contributed by atoms with Crippen LogP contribution in [0.25, 0.3) is 0 Å². The third-order valence-corrected chi connectivity index (χ3v) is 5.06. The van der Waals surface area contributed by atoms with Crippen molar-refractivity contribution < 1.29 is 9.59 Å². The number of carbonyl (C=O) groups is 2. The Kier molecular flexibility index (Phi) is 4.94. The first kappa shape index (κ1) is 16.0. The molecule has 0 aliphatic carbocycles. The average molecular weight is 315 g/mol. The van der Waals surface area contributed by atoms with E-state index in [0.29, 0.717) is 12.0 Å². The van der Waals surface area contributed by atoms with E-state index in [0.717, 1.165) is 57.3 Å². The molecular formula is C18H25N3O2. The number of piperidine rings is 1. The van der Waals surface area contributed by atoms with Crippen molar-refractivity contribution in [2.75, 3.05) is 19.6 Å². The number of carbonyl (C=O) groups excluding carboxylic acids is 2. The number of hydrogen-bond acceptors (Lipinski definition) is 3. The molecule has 0 radical (unpaired) electrons. The quantitative estimate of drug-likeness (QED) is 0.857. The average Bonchev–Trinajstić information content (AvgIpc) is 2.98. The maximum Gasteiger partial charge on any atom is 0.255 e. The minimum Gasteiger partial charge on any atom is -0.343 e. The first-order valence-corrected chi connectivity index (χ1v) is 8.66. The highest BCUT2D eigenvalue weighted by Crippen LogP contribution is 2.24. The molecule has 124 valence electrons. The molecule has 2 saturated heterocycles. The van der Waals surface area contributed by atoms with Crippen molar-refractivity contribution in [3.8, 4) is 0 Å². The molecule has 1 atom stereocenters. The van der Waals surface area contributed by atoms with Gasteiger partial charge in [0.15, 0.2) is 0 Å². The van der Waals surface area contributed by atoms with Gasteiger partial charge in [-0.2, -0.15) is 0 Å². The van der Waals surface area contributed by atoms with E-state index in [1.807, 2.05) is 22.8 Å². The van der Waals surface area contributed by atoms with Gasteiger partial charge in [-0.25, -0.2) is 0 Å². The summed E-state index contributed by atoms with van der Waals surface area (Å²) in [7, 11) is 0. The topological polar surface area (TPSA) is 53.5 Å². The van der Waals surface area contributed by atoms with E-state index in [-0.39, 0.29) is 17.9 Å². The second-order valence-electron chi connectivity index (χ2n) is 6.61. The maximum atomic E-state index is 12.9. The Bertz CT molecular complexity index is 587. The van der Waals surface area contributed by atoms with Crippen molar-refractivity contribution in [1.29, 1.82) is 0 Å². The second-order valence-corrected chi connectivity index (χ2v) is 6.61. The first-order valence-electron chi connectivity index (χ1n) is 8.66. The highest BCUT2D eigenvalue weighted by molar-refractivity contribution is 5.95. The van der Waals surface area contributed by atoms with E-state index in [2.05, 4.69) is 4.98 Å². The van der Waals surface area contributed by atoms with E-state index in [1.54, 1.807) is 12.4 Å². The fourth-order valence-corrected chi connectivity index (χ4v) is 3.66. The summed E-state index contributed by atoms with van der Waals surface area (Å²) in [6.45, 7) is 4.42. The van der Waals surface area contributed by atoms with E-state index < -0.39 is 0 Å². The predicted molar refractivity (Wildman–Crippen MR) is 88.1 cm³/mol. The summed E-state index contributed by atoms with van der Waals surface area (Å²) in [5.74, 6) is 0.356. The minimum atomic E-state index is 0.0908. The Morgan fingerprint density at radius 1 is 1.30 bits per heavy atom. The van der Waals surface area contributed by atoms with Crippen LogP contribution in [0.2, 0.25) is 0 Å². The highest BCUT2D eigenvalue weighted by atomic mass is 16.2. The fourth-order valence-electron chi connectivity index (χ4n) is 3.66. The third kappa shape index (κ3) is 3.54. The van der Waals surface area contributed by atoms with Gasteiger partial charge in [0.1, 0.15) is 0 Å². The minimum absolute atomic E-state index is 0.0908. The molecule has 2 fully saturated rings. The van der Waals surface area contributed by atoms with Crippen LogP contribution in [0.15, 0.2) is 18.5 Å². The highest BCUT2D eigenvalue weighted by Gasteiger charge is 2.29. The molecule has 3 heterocycles. The van der Waals surface area contributed by atoms with E-state index in [1.165, 1.54) is 0 Å². The van der Waals surface area contributed by atoms with Crippen LogP contribution in [0.5, 0.6) is 0 Å². The number of nitrogens with zero attached hydrogens (tertiary/aromatic N) is 3. The number of pyridine rings is 1. The zero-order valence-corrected chi connectivity index (χ0v) is 13.8. The second kappa shape index (κ2) is 7.11. The largest absolute Gasteiger partial charge is 0.343 e. The summed E-state index contributed by atoms with van der Waals surface area (Å²) in [5.41, 5.74) is 1.68. The van der Waals surface area contributed by atoms with Crippen molar-refractivity contribution in [2.45, 2.75) is 51.5 Å². The Morgan fingerprint density at radius 3 is 2.91 bits per heavy atom. The molecule has 0 saturated carbocycles. The molecule has 23 heavy (non-hydrogen) atoms. The van der Waals surface area contributed by atoms with Gasteiger partial charge in [0.25, 0.3) is 5.91 Å². The molecule has 1 aromatic heterocycles. The fraction of sp³-hybridized carbons (Fsp3) is 0.611. The summed E-state index contributed by atoms with van der Waals surface area (Å²) < 4.78 is 0. The van der Waals surface area contributed by atoms with Gasteiger partial charge < -0.3 is 9.80 Å². The Morgan fingerprint density at radius 2 is 2.17 bits per heavy atom. The molecular weight excluding hydrogens is 290 g/mol. The van der Waals surface area contributed by atoms with Crippen molar-refractivity contribution in [1.82, 2.24) is 14.8 Å². The van der Waals surface area contributed by atoms with Crippen LogP contribution in [-0.2, 0) is 4.79 Å². The molecule has 0 spiro atoms. The molecule has 2 amide bonds. The van der Waals surface area contributed by atoms with Crippen LogP contribution in [0.3, 0.4) is 0 Å². The summed E-state index contributed by atoms with van der Waals surface area (Å²) in [6, 6.07) is 2.12. The standard InChI is InChI=1S/C18H25N3O2/c1-14-7-9-19-13-16(14)18(23)21-11-3-2-5-15(21)8-12-20-10-4-6-17(20)22/h7,9,13,15H,2-6,8,10-12H2,1H3/t15-/m0/s1. The number of amides is 2. The lowest BCUT2D eigenvalue weighted by molar-refractivity contribution is -0.127. The zero-order chi connectivity index (χ0) is 16.2. The molecule has 0 aromatic carbocycles. The van der Waals surface area contributed by atoms with Gasteiger partial charge in [-0.1, -0.05) is 0 Å². The first-order chi connectivity index (χ1) is 11.2. The molecule has 1 aromatic rings. The van der Waals surface area contributed by atoms with Gasteiger partial charge in [-0.05, 0) is 50.7 Å². The molecule has 0 unspecified atom stereocenters. The number of rotatable bonds is 4. The monoisotopic (exact) mass is 315 g/mol. The van der Waals surface area contributed by atoms with Gasteiger partial charge in [-0.15, -0.1) is 0 Å². The van der Waals surface area contributed by atoms with Gasteiger partial charge in [0.2, 0.25) is 5.91 Å². The van der Waals surface area contributed by atoms with Crippen LogP contribution in [0.4, 0.5) is 0 Å². The summed E-state index contributed by atoms with van der Waals surface area (Å²) in [6.07, 6.45) is 9.19. The summed E-state index contributed by atoms with van der Waals surface area (Å²) in [4.78, 5) is 32.7. The SMILES string of the molecule is Cc1ccncc1C(=O)N1CCCC[C@H]1CCN1CCCC1=O. The van der Waals surface area contributed by atoms with Crippen molar-refractivity contribution in [2.24, 2.45) is 0 Å². The predicted octanol–water partition coefficient (Wildman–Crippen LogP) is 2.40. The van der Waals surface area contributed by atoms with E-state index >= 15 is 0 Å². The van der Waals surface area contributed by atoms with Crippen molar-refractivity contribution in [3.63, 3.8) is 0 Å². The molecule has 0 N–H and O–H groups in total. The van der Waals surface area contributed by atoms with Crippen molar-refractivity contribution >= 4 is 11.8 Å². The Hall–Kier alpha value is -1.91. The lowest BCUT2D eigenvalue weighted by atomic mass is 9.97. The number of aromatic nitrogens is 1. The number of hydrogen-bond donors (Lipinski definition) is 0. The van der Waals surface area contributed by atoms with Crippen LogP contribution in [-0.4, -0.2) is 52.3 Å². The van der Waals surface area contributed by atoms with Crippen LogP contribution in [0.1, 0.15) is 54.4 Å². The number of likely N-dealkylation sites (tertiary alicyclic amines) is 2. The van der Waals surface area contributed by atoms with Crippen LogP contribution < -0.4 is 0 Å². The maximum absolute atomic E-state index is 12.9. The van der Waals surface area contributed by atoms with Gasteiger partial charge >= 0.3 is 0 Å². The summed E-state index contributed by atoms with van der Waals surface area (Å²) >= 11 is 0. The molecule has 2 aliphatic heterocycles. The summed E-state index contributed by atoms with van der Waals surface area (Å²) in [5, 5.41) is 0. The molecule has 2 aliphatic rings.